The molecule has 9 nitrogen and oxygen atoms in total. The lowest BCUT2D eigenvalue weighted by atomic mass is 10.1. The Balaban J connectivity index is 1.61. The van der Waals surface area contributed by atoms with Crippen LogP contribution in [-0.2, 0) is 6.54 Å². The number of nitrogens with zero attached hydrogens (tertiary/aromatic N) is 6. The maximum atomic E-state index is 14.9. The molecule has 0 atom stereocenters. The molecule has 184 valence electrons. The number of para-hydroxylation sites is 1. The second-order valence-electron chi connectivity index (χ2n) is 8.35. The minimum absolute atomic E-state index is 0.0186. The maximum absolute atomic E-state index is 14.9. The van der Waals surface area contributed by atoms with Gasteiger partial charge in [-0.2, -0.15) is 5.10 Å². The van der Waals surface area contributed by atoms with Crippen molar-refractivity contribution in [1.82, 2.24) is 29.3 Å². The molecule has 0 amide bonds. The Labute approximate surface area is 217 Å². The van der Waals surface area contributed by atoms with Gasteiger partial charge in [-0.25, -0.2) is 24.0 Å². The van der Waals surface area contributed by atoms with Gasteiger partial charge in [0.15, 0.2) is 5.65 Å². The van der Waals surface area contributed by atoms with Gasteiger partial charge in [-0.1, -0.05) is 23.7 Å². The number of phenolic OH excluding ortho intramolecular Hbond substituents is 1. The number of benzene rings is 2. The third kappa shape index (κ3) is 3.71. The molecule has 6 rings (SSSR count). The van der Waals surface area contributed by atoms with Crippen molar-refractivity contribution < 1.29 is 9.50 Å². The Morgan fingerprint density at radius 1 is 1.16 bits per heavy atom. The van der Waals surface area contributed by atoms with Crippen LogP contribution in [0.25, 0.3) is 38.2 Å². The molecule has 6 aromatic rings. The van der Waals surface area contributed by atoms with Crippen molar-refractivity contribution in [2.24, 2.45) is 0 Å². The molecule has 0 spiro atoms. The van der Waals surface area contributed by atoms with E-state index in [1.165, 1.54) is 45.1 Å². The molecule has 2 aromatic carbocycles. The van der Waals surface area contributed by atoms with Crippen molar-refractivity contribution >= 4 is 50.0 Å². The summed E-state index contributed by atoms with van der Waals surface area (Å²) in [5.74, 6) is -0.173. The number of aromatic hydroxyl groups is 1. The van der Waals surface area contributed by atoms with E-state index in [1.54, 1.807) is 24.3 Å². The minimum Gasteiger partial charge on any atom is -0.506 e. The summed E-state index contributed by atoms with van der Waals surface area (Å²) in [7, 11) is 0. The van der Waals surface area contributed by atoms with E-state index < -0.39 is 5.82 Å². The van der Waals surface area contributed by atoms with E-state index in [2.05, 4.69) is 9.97 Å². The van der Waals surface area contributed by atoms with Crippen molar-refractivity contribution in [2.45, 2.75) is 13.5 Å². The van der Waals surface area contributed by atoms with Crippen molar-refractivity contribution in [3.8, 4) is 22.7 Å². The van der Waals surface area contributed by atoms with Crippen LogP contribution in [-0.4, -0.2) is 34.4 Å². The van der Waals surface area contributed by atoms with Crippen LogP contribution in [0.5, 0.6) is 5.75 Å². The highest BCUT2D eigenvalue weighted by Gasteiger charge is 2.22. The number of halogens is 2. The average Bonchev–Trinajstić information content (AvgIpc) is 3.43. The van der Waals surface area contributed by atoms with Crippen LogP contribution in [0.15, 0.2) is 59.0 Å². The van der Waals surface area contributed by atoms with Gasteiger partial charge in [0.25, 0.3) is 5.56 Å². The molecule has 12 heteroatoms. The summed E-state index contributed by atoms with van der Waals surface area (Å²) in [6, 6.07) is 10.7. The topological polar surface area (TPSA) is 125 Å². The van der Waals surface area contributed by atoms with Crippen molar-refractivity contribution in [3.63, 3.8) is 0 Å². The Morgan fingerprint density at radius 2 is 1.97 bits per heavy atom. The lowest BCUT2D eigenvalue weighted by Gasteiger charge is -2.14. The summed E-state index contributed by atoms with van der Waals surface area (Å²) < 4.78 is 17.7. The van der Waals surface area contributed by atoms with E-state index in [1.807, 2.05) is 12.3 Å². The smallest absolute Gasteiger partial charge is 0.267 e. The normalized spacial score (nSPS) is 11.5. The highest BCUT2D eigenvalue weighted by atomic mass is 35.5. The number of rotatable bonds is 4. The standard InChI is InChI=1S/C25H17ClFN7O2S/c1-12-10-37-24-19(12)25(36)34(16-5-3-2-4-15(16)27)18(31-24)9-33-23-20(22(28)29-11-30-23)21(32-33)13-6-7-17(35)14(26)8-13/h2-8,10-11,35H,9H2,1H3,(H2,28,29,30). The molecule has 0 saturated carbocycles. The molecule has 0 aliphatic rings. The highest BCUT2D eigenvalue weighted by molar-refractivity contribution is 7.16. The fraction of sp³-hybridized carbons (Fsp3) is 0.0800. The average molecular weight is 534 g/mol. The molecule has 0 aliphatic heterocycles. The largest absolute Gasteiger partial charge is 0.506 e. The zero-order valence-corrected chi connectivity index (χ0v) is 20.8. The van der Waals surface area contributed by atoms with Crippen LogP contribution in [0.2, 0.25) is 5.02 Å². The summed E-state index contributed by atoms with van der Waals surface area (Å²) in [5.41, 5.74) is 8.09. The second kappa shape index (κ2) is 8.64. The van der Waals surface area contributed by atoms with Gasteiger partial charge in [-0.3, -0.25) is 9.36 Å². The fourth-order valence-corrected chi connectivity index (χ4v) is 5.40. The molecule has 4 heterocycles. The molecule has 37 heavy (non-hydrogen) atoms. The van der Waals surface area contributed by atoms with Crippen LogP contribution in [0.1, 0.15) is 11.4 Å². The van der Waals surface area contributed by atoms with Crippen LogP contribution < -0.4 is 11.3 Å². The monoisotopic (exact) mass is 533 g/mol. The Morgan fingerprint density at radius 3 is 2.76 bits per heavy atom. The number of aryl methyl sites for hydroxylation is 1. The van der Waals surface area contributed by atoms with Gasteiger partial charge in [-0.15, -0.1) is 11.3 Å². The number of nitrogens with two attached hydrogens (primary N) is 1. The number of hydrogen-bond donors (Lipinski definition) is 2. The third-order valence-electron chi connectivity index (χ3n) is 6.03. The first kappa shape index (κ1) is 23.1. The molecule has 0 unspecified atom stereocenters. The van der Waals surface area contributed by atoms with E-state index >= 15 is 0 Å². The Hall–Kier alpha value is -4.35. The van der Waals surface area contributed by atoms with E-state index in [4.69, 9.17) is 27.4 Å². The predicted molar refractivity (Wildman–Crippen MR) is 141 cm³/mol. The van der Waals surface area contributed by atoms with E-state index in [9.17, 15) is 14.3 Å². The van der Waals surface area contributed by atoms with E-state index in [0.29, 0.717) is 32.5 Å². The van der Waals surface area contributed by atoms with Gasteiger partial charge in [0.1, 0.15) is 46.6 Å². The lowest BCUT2D eigenvalue weighted by molar-refractivity contribution is 0.475. The number of nitrogen functional groups attached to an aromatic ring is 1. The molecule has 3 N–H and O–H groups in total. The van der Waals surface area contributed by atoms with Gasteiger partial charge in [-0.05, 0) is 48.2 Å². The summed E-state index contributed by atoms with van der Waals surface area (Å²) in [6.45, 7) is 1.80. The Kier molecular flexibility index (Phi) is 5.39. The number of anilines is 1. The lowest BCUT2D eigenvalue weighted by Crippen LogP contribution is -2.26. The summed E-state index contributed by atoms with van der Waals surface area (Å²) >= 11 is 7.48. The predicted octanol–water partition coefficient (Wildman–Crippen LogP) is 4.69. The molecular weight excluding hydrogens is 517 g/mol. The van der Waals surface area contributed by atoms with Crippen molar-refractivity contribution in [1.29, 1.82) is 0 Å². The number of thiophene rings is 1. The van der Waals surface area contributed by atoms with Gasteiger partial charge in [0.2, 0.25) is 0 Å². The van der Waals surface area contributed by atoms with Gasteiger partial charge >= 0.3 is 0 Å². The first-order valence-electron chi connectivity index (χ1n) is 11.0. The first-order chi connectivity index (χ1) is 17.8. The number of aromatic nitrogens is 6. The van der Waals surface area contributed by atoms with Gasteiger partial charge < -0.3 is 10.8 Å². The SMILES string of the molecule is Cc1csc2nc(Cn3nc(-c4ccc(O)c(Cl)c4)c4c(N)ncnc43)n(-c3ccccc3F)c(=O)c12. The van der Waals surface area contributed by atoms with Crippen LogP contribution in [0.4, 0.5) is 10.2 Å². The molecule has 0 bridgehead atoms. The summed E-state index contributed by atoms with van der Waals surface area (Å²) in [5, 5.41) is 17.5. The van der Waals surface area contributed by atoms with E-state index in [0.717, 1.165) is 5.56 Å². The molecule has 4 aromatic heterocycles. The zero-order chi connectivity index (χ0) is 25.8. The molecule has 0 fully saturated rings. The zero-order valence-electron chi connectivity index (χ0n) is 19.2. The summed E-state index contributed by atoms with van der Waals surface area (Å²) in [6.07, 6.45) is 1.31. The van der Waals surface area contributed by atoms with Gasteiger partial charge in [0.05, 0.1) is 21.5 Å². The summed E-state index contributed by atoms with van der Waals surface area (Å²) in [4.78, 5) is 27.4. The molecule has 0 radical (unpaired) electrons. The second-order valence-corrected chi connectivity index (χ2v) is 9.61. The quantitative estimate of drug-likeness (QED) is 0.337. The number of fused-ring (bicyclic) bond motifs is 2. The first-order valence-corrected chi connectivity index (χ1v) is 12.3. The highest BCUT2D eigenvalue weighted by Crippen LogP contribution is 2.34. The van der Waals surface area contributed by atoms with Gasteiger partial charge in [0, 0.05) is 5.56 Å². The fourth-order valence-electron chi connectivity index (χ4n) is 4.29. The Bertz CT molecular complexity index is 1910. The molecule has 0 aliphatic carbocycles. The number of phenols is 1. The number of hydrogen-bond acceptors (Lipinski definition) is 8. The molecular formula is C25H17ClFN7O2S. The van der Waals surface area contributed by atoms with Crippen LogP contribution >= 0.6 is 22.9 Å². The van der Waals surface area contributed by atoms with Crippen LogP contribution in [0.3, 0.4) is 0 Å². The van der Waals surface area contributed by atoms with Crippen molar-refractivity contribution in [2.75, 3.05) is 5.73 Å². The maximum Gasteiger partial charge on any atom is 0.267 e. The molecule has 0 saturated heterocycles. The minimum atomic E-state index is -0.559. The third-order valence-corrected chi connectivity index (χ3v) is 7.32. The van der Waals surface area contributed by atoms with E-state index in [-0.39, 0.29) is 40.2 Å². The van der Waals surface area contributed by atoms with Crippen LogP contribution in [0, 0.1) is 12.7 Å². The van der Waals surface area contributed by atoms with Crippen molar-refractivity contribution in [3.05, 3.63) is 86.8 Å².